The largest absolute Gasteiger partial charge is 0.457 e. The monoisotopic (exact) mass is 253 g/mol. The average molecular weight is 253 g/mol. The average Bonchev–Trinajstić information content (AvgIpc) is 2.46. The molecule has 3 heteroatoms. The summed E-state index contributed by atoms with van der Waals surface area (Å²) >= 11 is 0. The predicted octanol–water partition coefficient (Wildman–Crippen LogP) is 4.34. The van der Waals surface area contributed by atoms with Crippen LogP contribution in [0.4, 0.5) is 0 Å². The molecule has 0 aromatic heterocycles. The lowest BCUT2D eigenvalue weighted by Gasteiger charge is -2.05. The summed E-state index contributed by atoms with van der Waals surface area (Å²) in [5.74, 6) is 1.57. The Kier molecular flexibility index (Phi) is 4.34. The van der Waals surface area contributed by atoms with Gasteiger partial charge in [-0.3, -0.25) is 0 Å². The number of ether oxygens (including phenoxy) is 1. The maximum atomic E-state index is 8.57. The molecule has 2 aromatic carbocycles. The Morgan fingerprint density at radius 3 is 2.53 bits per heavy atom. The third-order valence-corrected chi connectivity index (χ3v) is 2.51. The molecular formula is C16H15NO2. The molecule has 2 aromatic rings. The molecule has 0 saturated carbocycles. The molecule has 0 aliphatic rings. The minimum atomic E-state index is 0.550. The Morgan fingerprint density at radius 1 is 1.05 bits per heavy atom. The molecule has 0 heterocycles. The Hall–Kier alpha value is -2.55. The Bertz CT molecular complexity index is 589. The van der Waals surface area contributed by atoms with Crippen molar-refractivity contribution in [2.75, 3.05) is 0 Å². The summed E-state index contributed by atoms with van der Waals surface area (Å²) in [6, 6.07) is 17.3. The molecular weight excluding hydrogens is 238 g/mol. The molecule has 0 atom stereocenters. The summed E-state index contributed by atoms with van der Waals surface area (Å²) in [5.41, 5.74) is 1.53. The Morgan fingerprint density at radius 2 is 1.79 bits per heavy atom. The van der Waals surface area contributed by atoms with E-state index in [4.69, 9.17) is 9.94 Å². The van der Waals surface area contributed by atoms with Crippen LogP contribution < -0.4 is 4.74 Å². The summed E-state index contributed by atoms with van der Waals surface area (Å²) in [6.45, 7) is 1.72. The van der Waals surface area contributed by atoms with Crippen LogP contribution in [0.15, 0.2) is 65.8 Å². The van der Waals surface area contributed by atoms with Gasteiger partial charge in [0.25, 0.3) is 0 Å². The molecule has 0 saturated heterocycles. The molecule has 19 heavy (non-hydrogen) atoms. The van der Waals surface area contributed by atoms with E-state index in [1.54, 1.807) is 13.0 Å². The highest BCUT2D eigenvalue weighted by molar-refractivity contribution is 5.95. The van der Waals surface area contributed by atoms with E-state index >= 15 is 0 Å². The molecule has 0 unspecified atom stereocenters. The third-order valence-electron chi connectivity index (χ3n) is 2.51. The number of hydrogen-bond acceptors (Lipinski definition) is 3. The zero-order valence-electron chi connectivity index (χ0n) is 10.7. The van der Waals surface area contributed by atoms with Crippen LogP contribution in [0.1, 0.15) is 12.5 Å². The van der Waals surface area contributed by atoms with Gasteiger partial charge >= 0.3 is 0 Å². The summed E-state index contributed by atoms with van der Waals surface area (Å²) in [6.07, 6.45) is 3.61. The van der Waals surface area contributed by atoms with Gasteiger partial charge in [0.05, 0.1) is 5.71 Å². The number of allylic oxidation sites excluding steroid dienone is 1. The molecule has 0 aliphatic heterocycles. The molecule has 0 aliphatic carbocycles. The van der Waals surface area contributed by atoms with Gasteiger partial charge in [-0.2, -0.15) is 0 Å². The van der Waals surface area contributed by atoms with Gasteiger partial charge in [0.15, 0.2) is 0 Å². The van der Waals surface area contributed by atoms with Gasteiger partial charge in [-0.15, -0.1) is 0 Å². The highest BCUT2D eigenvalue weighted by Crippen LogP contribution is 2.22. The third kappa shape index (κ3) is 4.00. The highest BCUT2D eigenvalue weighted by atomic mass is 16.5. The summed E-state index contributed by atoms with van der Waals surface area (Å²) in [7, 11) is 0. The van der Waals surface area contributed by atoms with Gasteiger partial charge in [-0.05, 0) is 42.8 Å². The van der Waals surface area contributed by atoms with E-state index in [2.05, 4.69) is 5.16 Å². The van der Waals surface area contributed by atoms with Crippen molar-refractivity contribution in [3.63, 3.8) is 0 Å². The van der Waals surface area contributed by atoms with E-state index in [9.17, 15) is 0 Å². The number of rotatable bonds is 4. The van der Waals surface area contributed by atoms with Gasteiger partial charge < -0.3 is 9.94 Å². The number of benzene rings is 2. The first-order valence-corrected chi connectivity index (χ1v) is 5.97. The van der Waals surface area contributed by atoms with Crippen LogP contribution >= 0.6 is 0 Å². The maximum absolute atomic E-state index is 8.57. The maximum Gasteiger partial charge on any atom is 0.128 e. The zero-order valence-corrected chi connectivity index (χ0v) is 10.7. The smallest absolute Gasteiger partial charge is 0.128 e. The van der Waals surface area contributed by atoms with Crippen LogP contribution in [-0.2, 0) is 0 Å². The fourth-order valence-corrected chi connectivity index (χ4v) is 1.56. The second-order valence-electron chi connectivity index (χ2n) is 4.06. The number of oxime groups is 1. The molecule has 0 fully saturated rings. The fraction of sp³-hybridized carbons (Fsp3) is 0.0625. The molecule has 0 spiro atoms. The van der Waals surface area contributed by atoms with E-state index in [0.717, 1.165) is 17.1 Å². The van der Waals surface area contributed by atoms with Crippen molar-refractivity contribution in [2.45, 2.75) is 6.92 Å². The summed E-state index contributed by atoms with van der Waals surface area (Å²) in [5, 5.41) is 11.7. The van der Waals surface area contributed by atoms with Crippen LogP contribution in [0.25, 0.3) is 6.08 Å². The van der Waals surface area contributed by atoms with Crippen molar-refractivity contribution in [2.24, 2.45) is 5.16 Å². The van der Waals surface area contributed by atoms with Gasteiger partial charge in [0.2, 0.25) is 0 Å². The summed E-state index contributed by atoms with van der Waals surface area (Å²) < 4.78 is 5.74. The van der Waals surface area contributed by atoms with Crippen molar-refractivity contribution in [3.05, 3.63) is 66.2 Å². The van der Waals surface area contributed by atoms with Gasteiger partial charge in [0.1, 0.15) is 11.5 Å². The minimum Gasteiger partial charge on any atom is -0.457 e. The molecule has 96 valence electrons. The van der Waals surface area contributed by atoms with Crippen molar-refractivity contribution >= 4 is 11.8 Å². The Labute approximate surface area is 112 Å². The molecule has 0 amide bonds. The number of para-hydroxylation sites is 1. The first-order chi connectivity index (χ1) is 9.28. The summed E-state index contributed by atoms with van der Waals surface area (Å²) in [4.78, 5) is 0. The SMILES string of the molecule is CC(C=Cc1cccc(Oc2ccccc2)c1)=NO. The van der Waals surface area contributed by atoms with Crippen molar-refractivity contribution in [3.8, 4) is 11.5 Å². The molecule has 0 radical (unpaired) electrons. The minimum absolute atomic E-state index is 0.550. The van der Waals surface area contributed by atoms with E-state index in [1.165, 1.54) is 0 Å². The van der Waals surface area contributed by atoms with Crippen LogP contribution in [0.2, 0.25) is 0 Å². The van der Waals surface area contributed by atoms with Gasteiger partial charge in [0, 0.05) is 0 Å². The fourth-order valence-electron chi connectivity index (χ4n) is 1.56. The van der Waals surface area contributed by atoms with E-state index in [1.807, 2.05) is 60.7 Å². The Balaban J connectivity index is 2.14. The molecule has 0 bridgehead atoms. The van der Waals surface area contributed by atoms with Crippen LogP contribution in [0.5, 0.6) is 11.5 Å². The topological polar surface area (TPSA) is 41.8 Å². The van der Waals surface area contributed by atoms with Crippen molar-refractivity contribution in [1.29, 1.82) is 0 Å². The second-order valence-corrected chi connectivity index (χ2v) is 4.06. The molecule has 1 N–H and O–H groups in total. The standard InChI is InChI=1S/C16H15NO2/c1-13(17-18)10-11-14-6-5-9-16(12-14)19-15-7-3-2-4-8-15/h2-12,18H,1H3. The normalized spacial score (nSPS) is 11.7. The van der Waals surface area contributed by atoms with E-state index in [0.29, 0.717) is 5.71 Å². The predicted molar refractivity (Wildman–Crippen MR) is 76.9 cm³/mol. The highest BCUT2D eigenvalue weighted by Gasteiger charge is 1.97. The lowest BCUT2D eigenvalue weighted by molar-refractivity contribution is 0.319. The number of hydrogen-bond donors (Lipinski definition) is 1. The quantitative estimate of drug-likeness (QED) is 0.500. The lowest BCUT2D eigenvalue weighted by Crippen LogP contribution is -1.85. The second kappa shape index (κ2) is 6.40. The van der Waals surface area contributed by atoms with Crippen molar-refractivity contribution in [1.82, 2.24) is 0 Å². The van der Waals surface area contributed by atoms with Gasteiger partial charge in [-0.25, -0.2) is 0 Å². The first kappa shape index (κ1) is 12.9. The van der Waals surface area contributed by atoms with Crippen LogP contribution in [0, 0.1) is 0 Å². The first-order valence-electron chi connectivity index (χ1n) is 5.97. The van der Waals surface area contributed by atoms with Gasteiger partial charge in [-0.1, -0.05) is 41.6 Å². The lowest BCUT2D eigenvalue weighted by atomic mass is 10.2. The van der Waals surface area contributed by atoms with Crippen LogP contribution in [0.3, 0.4) is 0 Å². The van der Waals surface area contributed by atoms with E-state index in [-0.39, 0.29) is 0 Å². The molecule has 2 rings (SSSR count). The van der Waals surface area contributed by atoms with E-state index < -0.39 is 0 Å². The van der Waals surface area contributed by atoms with Crippen LogP contribution in [-0.4, -0.2) is 10.9 Å². The molecule has 3 nitrogen and oxygen atoms in total. The van der Waals surface area contributed by atoms with Crippen molar-refractivity contribution < 1.29 is 9.94 Å². The zero-order chi connectivity index (χ0) is 13.5. The number of nitrogens with zero attached hydrogens (tertiary/aromatic N) is 1.